The summed E-state index contributed by atoms with van der Waals surface area (Å²) in [4.78, 5) is 11.9. The normalized spacial score (nSPS) is 12.2. The van der Waals surface area contributed by atoms with Gasteiger partial charge in [0.2, 0.25) is 0 Å². The number of ether oxygens (including phenoxy) is 1. The van der Waals surface area contributed by atoms with Crippen LogP contribution < -0.4 is 11.1 Å². The van der Waals surface area contributed by atoms with E-state index in [0.717, 1.165) is 5.56 Å². The lowest BCUT2D eigenvalue weighted by atomic mass is 10.1. The van der Waals surface area contributed by atoms with Crippen LogP contribution >= 0.6 is 0 Å². The van der Waals surface area contributed by atoms with E-state index >= 15 is 0 Å². The van der Waals surface area contributed by atoms with Crippen LogP contribution in [0.2, 0.25) is 0 Å². The molecule has 0 spiro atoms. The number of nitrogens with two attached hydrogens (primary N) is 1. The van der Waals surface area contributed by atoms with Gasteiger partial charge in [0.15, 0.2) is 0 Å². The Labute approximate surface area is 106 Å². The minimum atomic E-state index is -0.527. The highest BCUT2D eigenvalue weighted by Gasteiger charge is 2.15. The maximum Gasteiger partial charge on any atom is 0.254 e. The minimum Gasteiger partial charge on any atom is -0.385 e. The molecule has 0 bridgehead atoms. The third-order valence-corrected chi connectivity index (χ3v) is 2.66. The van der Waals surface area contributed by atoms with E-state index in [1.165, 1.54) is 12.1 Å². The summed E-state index contributed by atoms with van der Waals surface area (Å²) in [5.74, 6) is -0.969. The highest BCUT2D eigenvalue weighted by Crippen LogP contribution is 2.10. The summed E-state index contributed by atoms with van der Waals surface area (Å²) >= 11 is 0. The summed E-state index contributed by atoms with van der Waals surface area (Å²) < 4.78 is 18.4. The number of benzene rings is 1. The van der Waals surface area contributed by atoms with Crippen molar-refractivity contribution < 1.29 is 13.9 Å². The van der Waals surface area contributed by atoms with Crippen LogP contribution in [-0.2, 0) is 4.74 Å². The Balaban J connectivity index is 2.71. The first kappa shape index (κ1) is 14.6. The number of rotatable bonds is 6. The molecule has 0 saturated heterocycles. The van der Waals surface area contributed by atoms with Gasteiger partial charge in [0.1, 0.15) is 5.82 Å². The van der Waals surface area contributed by atoms with Crippen molar-refractivity contribution in [3.8, 4) is 0 Å². The van der Waals surface area contributed by atoms with Crippen LogP contribution in [0.15, 0.2) is 18.2 Å². The van der Waals surface area contributed by atoms with Crippen molar-refractivity contribution in [2.45, 2.75) is 19.4 Å². The molecule has 4 nitrogen and oxygen atoms in total. The van der Waals surface area contributed by atoms with E-state index in [0.29, 0.717) is 19.6 Å². The zero-order chi connectivity index (χ0) is 13.5. The van der Waals surface area contributed by atoms with Crippen molar-refractivity contribution in [1.82, 2.24) is 5.32 Å². The molecule has 0 saturated carbocycles. The molecule has 1 unspecified atom stereocenters. The lowest BCUT2D eigenvalue weighted by Crippen LogP contribution is -2.41. The molecule has 1 atom stereocenters. The molecule has 1 aromatic carbocycles. The zero-order valence-corrected chi connectivity index (χ0v) is 10.7. The standard InChI is InChI=1S/C13H19FN2O2/c1-9-3-4-12(14)11(7-9)13(17)16-10(8-15)5-6-18-2/h3-4,7,10H,5-6,8,15H2,1-2H3,(H,16,17). The number of amides is 1. The number of aryl methyl sites for hydroxylation is 1. The highest BCUT2D eigenvalue weighted by atomic mass is 19.1. The van der Waals surface area contributed by atoms with Gasteiger partial charge in [0, 0.05) is 26.3 Å². The quantitative estimate of drug-likeness (QED) is 0.802. The Bertz CT molecular complexity index is 410. The number of nitrogens with one attached hydrogen (secondary N) is 1. The molecule has 0 heterocycles. The van der Waals surface area contributed by atoms with Gasteiger partial charge in [-0.05, 0) is 25.5 Å². The van der Waals surface area contributed by atoms with E-state index in [4.69, 9.17) is 10.5 Å². The molecule has 0 fully saturated rings. The number of carbonyl (C=O) groups excluding carboxylic acids is 1. The monoisotopic (exact) mass is 254 g/mol. The van der Waals surface area contributed by atoms with Crippen LogP contribution in [0.25, 0.3) is 0 Å². The molecule has 0 aliphatic heterocycles. The van der Waals surface area contributed by atoms with Crippen LogP contribution in [0.3, 0.4) is 0 Å². The molecule has 1 amide bonds. The molecule has 0 aliphatic carbocycles. The second kappa shape index (κ2) is 7.08. The number of carbonyl (C=O) groups is 1. The van der Waals surface area contributed by atoms with E-state index < -0.39 is 11.7 Å². The number of hydrogen-bond acceptors (Lipinski definition) is 3. The first-order valence-electron chi connectivity index (χ1n) is 5.84. The fourth-order valence-electron chi connectivity index (χ4n) is 1.59. The molecule has 5 heteroatoms. The van der Waals surface area contributed by atoms with Crippen molar-refractivity contribution >= 4 is 5.91 Å². The molecule has 0 aliphatic rings. The van der Waals surface area contributed by atoms with Crippen molar-refractivity contribution in [2.75, 3.05) is 20.3 Å². The van der Waals surface area contributed by atoms with Crippen molar-refractivity contribution in [3.05, 3.63) is 35.1 Å². The second-order valence-electron chi connectivity index (χ2n) is 4.17. The number of halogens is 1. The summed E-state index contributed by atoms with van der Waals surface area (Å²) in [5.41, 5.74) is 6.43. The summed E-state index contributed by atoms with van der Waals surface area (Å²) in [6.07, 6.45) is 0.603. The van der Waals surface area contributed by atoms with Crippen LogP contribution in [0, 0.1) is 12.7 Å². The lowest BCUT2D eigenvalue weighted by Gasteiger charge is -2.16. The predicted octanol–water partition coefficient (Wildman–Crippen LogP) is 1.23. The average Bonchev–Trinajstić information content (AvgIpc) is 2.37. The molecule has 100 valence electrons. The first-order chi connectivity index (χ1) is 8.58. The minimum absolute atomic E-state index is 0.0471. The maximum atomic E-state index is 13.5. The fourth-order valence-corrected chi connectivity index (χ4v) is 1.59. The molecular weight excluding hydrogens is 235 g/mol. The second-order valence-corrected chi connectivity index (χ2v) is 4.17. The SMILES string of the molecule is COCCC(CN)NC(=O)c1cc(C)ccc1F. The van der Waals surface area contributed by atoms with Gasteiger partial charge < -0.3 is 15.8 Å². The molecule has 18 heavy (non-hydrogen) atoms. The van der Waals surface area contributed by atoms with Crippen molar-refractivity contribution in [1.29, 1.82) is 0 Å². The van der Waals surface area contributed by atoms with Crippen LogP contribution in [-0.4, -0.2) is 32.2 Å². The Kier molecular flexibility index (Phi) is 5.74. The smallest absolute Gasteiger partial charge is 0.254 e. The van der Waals surface area contributed by atoms with Crippen molar-refractivity contribution in [2.24, 2.45) is 5.73 Å². The number of methoxy groups -OCH3 is 1. The lowest BCUT2D eigenvalue weighted by molar-refractivity contribution is 0.0922. The van der Waals surface area contributed by atoms with Crippen molar-refractivity contribution in [3.63, 3.8) is 0 Å². The molecule has 3 N–H and O–H groups in total. The van der Waals surface area contributed by atoms with E-state index in [9.17, 15) is 9.18 Å². The largest absolute Gasteiger partial charge is 0.385 e. The molecule has 1 rings (SSSR count). The Morgan fingerprint density at radius 3 is 2.89 bits per heavy atom. The summed E-state index contributed by atoms with van der Waals surface area (Å²) in [6, 6.07) is 4.22. The first-order valence-corrected chi connectivity index (χ1v) is 5.84. The van der Waals surface area contributed by atoms with Gasteiger partial charge in [-0.2, -0.15) is 0 Å². The van der Waals surface area contributed by atoms with Crippen LogP contribution in [0.4, 0.5) is 4.39 Å². The highest BCUT2D eigenvalue weighted by molar-refractivity contribution is 5.94. The van der Waals surface area contributed by atoms with Gasteiger partial charge in [-0.3, -0.25) is 4.79 Å². The summed E-state index contributed by atoms with van der Waals surface area (Å²) in [7, 11) is 1.58. The van der Waals surface area contributed by atoms with E-state index in [-0.39, 0.29) is 11.6 Å². The van der Waals surface area contributed by atoms with E-state index in [1.54, 1.807) is 13.2 Å². The van der Waals surface area contributed by atoms with Gasteiger partial charge in [-0.15, -0.1) is 0 Å². The van der Waals surface area contributed by atoms with Gasteiger partial charge in [-0.25, -0.2) is 4.39 Å². The topological polar surface area (TPSA) is 64.3 Å². The third kappa shape index (κ3) is 4.09. The molecule has 1 aromatic rings. The Morgan fingerprint density at radius 2 is 2.28 bits per heavy atom. The molecule has 0 radical (unpaired) electrons. The summed E-state index contributed by atoms with van der Waals surface area (Å²) in [6.45, 7) is 2.60. The van der Waals surface area contributed by atoms with E-state index in [2.05, 4.69) is 5.32 Å². The van der Waals surface area contributed by atoms with Crippen LogP contribution in [0.1, 0.15) is 22.3 Å². The van der Waals surface area contributed by atoms with E-state index in [1.807, 2.05) is 6.92 Å². The molecule has 0 aromatic heterocycles. The number of hydrogen-bond donors (Lipinski definition) is 2. The third-order valence-electron chi connectivity index (χ3n) is 2.66. The van der Waals surface area contributed by atoms with Gasteiger partial charge in [0.05, 0.1) is 5.56 Å². The predicted molar refractivity (Wildman–Crippen MR) is 67.9 cm³/mol. The summed E-state index contributed by atoms with van der Waals surface area (Å²) in [5, 5.41) is 2.70. The average molecular weight is 254 g/mol. The zero-order valence-electron chi connectivity index (χ0n) is 10.7. The Morgan fingerprint density at radius 1 is 1.56 bits per heavy atom. The Hall–Kier alpha value is -1.46. The fraction of sp³-hybridized carbons (Fsp3) is 0.462. The molecular formula is C13H19FN2O2. The maximum absolute atomic E-state index is 13.5. The van der Waals surface area contributed by atoms with Gasteiger partial charge >= 0.3 is 0 Å². The van der Waals surface area contributed by atoms with Crippen LogP contribution in [0.5, 0.6) is 0 Å². The van der Waals surface area contributed by atoms with Gasteiger partial charge in [0.25, 0.3) is 5.91 Å². The van der Waals surface area contributed by atoms with Gasteiger partial charge in [-0.1, -0.05) is 11.6 Å².